The van der Waals surface area contributed by atoms with Crippen molar-refractivity contribution in [1.29, 1.82) is 0 Å². The minimum atomic E-state index is 0.167. The number of aromatic nitrogens is 1. The summed E-state index contributed by atoms with van der Waals surface area (Å²) in [5, 5.41) is 6.10. The van der Waals surface area contributed by atoms with E-state index < -0.39 is 0 Å². The van der Waals surface area contributed by atoms with E-state index in [0.29, 0.717) is 0 Å². The van der Waals surface area contributed by atoms with Crippen molar-refractivity contribution in [2.75, 3.05) is 0 Å². The van der Waals surface area contributed by atoms with Crippen LogP contribution in [0.3, 0.4) is 0 Å². The first-order valence-corrected chi connectivity index (χ1v) is 4.87. The Morgan fingerprint density at radius 3 is 2.92 bits per heavy atom. The van der Waals surface area contributed by atoms with Crippen molar-refractivity contribution in [2.45, 2.75) is 13.8 Å². The Morgan fingerprint density at radius 1 is 1.77 bits per heavy atom. The molecule has 13 heavy (non-hydrogen) atoms. The van der Waals surface area contributed by atoms with Gasteiger partial charge in [0.25, 0.3) is 0 Å². The van der Waals surface area contributed by atoms with Crippen LogP contribution in [0.5, 0.6) is 0 Å². The van der Waals surface area contributed by atoms with E-state index in [4.69, 9.17) is 5.73 Å². The first kappa shape index (κ1) is 10.1. The quantitative estimate of drug-likeness (QED) is 0.438. The van der Waals surface area contributed by atoms with Crippen LogP contribution in [0, 0.1) is 6.92 Å². The molecule has 0 radical (unpaired) electrons. The van der Waals surface area contributed by atoms with E-state index in [1.54, 1.807) is 0 Å². The van der Waals surface area contributed by atoms with Gasteiger partial charge in [0.15, 0.2) is 5.11 Å². The van der Waals surface area contributed by atoms with Gasteiger partial charge in [-0.2, -0.15) is 9.47 Å². The zero-order chi connectivity index (χ0) is 9.84. The number of nitrogens with zero attached hydrogens (tertiary/aromatic N) is 2. The third-order valence-electron chi connectivity index (χ3n) is 1.47. The number of nitrogens with two attached hydrogens (primary N) is 1. The second-order valence-corrected chi connectivity index (χ2v) is 3.56. The Morgan fingerprint density at radius 2 is 2.46 bits per heavy atom. The van der Waals surface area contributed by atoms with E-state index in [1.165, 1.54) is 11.5 Å². The van der Waals surface area contributed by atoms with Crippen molar-refractivity contribution in [2.24, 2.45) is 10.8 Å². The van der Waals surface area contributed by atoms with E-state index in [9.17, 15) is 0 Å². The smallest absolute Gasteiger partial charge is 0.184 e. The predicted molar refractivity (Wildman–Crippen MR) is 59.0 cm³/mol. The molecule has 0 aliphatic carbocycles. The molecule has 3 N–H and O–H groups in total. The zero-order valence-corrected chi connectivity index (χ0v) is 9.00. The molecule has 0 atom stereocenters. The highest BCUT2D eigenvalue weighted by Gasteiger charge is 2.03. The van der Waals surface area contributed by atoms with Gasteiger partial charge >= 0.3 is 0 Å². The van der Waals surface area contributed by atoms with Crippen LogP contribution in [0.4, 0.5) is 0 Å². The van der Waals surface area contributed by atoms with Crippen LogP contribution in [-0.4, -0.2) is 15.2 Å². The molecule has 0 saturated carbocycles. The van der Waals surface area contributed by atoms with Crippen molar-refractivity contribution in [1.82, 2.24) is 9.80 Å². The summed E-state index contributed by atoms with van der Waals surface area (Å²) in [5.74, 6) is 0. The lowest BCUT2D eigenvalue weighted by Crippen LogP contribution is -2.25. The highest BCUT2D eigenvalue weighted by molar-refractivity contribution is 7.80. The van der Waals surface area contributed by atoms with E-state index in [-0.39, 0.29) is 5.11 Å². The summed E-state index contributed by atoms with van der Waals surface area (Å²) in [6.45, 7) is 3.81. The van der Waals surface area contributed by atoms with E-state index in [0.717, 1.165) is 17.0 Å². The van der Waals surface area contributed by atoms with Gasteiger partial charge in [-0.15, -0.1) is 0 Å². The Labute approximate surface area is 86.0 Å². The fourth-order valence-electron chi connectivity index (χ4n) is 0.839. The topological polar surface area (TPSA) is 63.3 Å². The second kappa shape index (κ2) is 4.29. The minimum absolute atomic E-state index is 0.167. The summed E-state index contributed by atoms with van der Waals surface area (Å²) in [5.41, 5.74) is 10.6. The Bertz CT molecular complexity index is 342. The third kappa shape index (κ3) is 2.74. The monoisotopic (exact) mass is 214 g/mol. The lowest BCUT2D eigenvalue weighted by molar-refractivity contribution is 1.03. The Hall–Kier alpha value is -1.01. The number of hydrazone groups is 1. The molecule has 0 amide bonds. The van der Waals surface area contributed by atoms with Crippen LogP contribution in [0.15, 0.2) is 10.5 Å². The van der Waals surface area contributed by atoms with E-state index >= 15 is 0 Å². The van der Waals surface area contributed by atoms with Gasteiger partial charge in [0.05, 0.1) is 11.4 Å². The third-order valence-corrected chi connectivity index (χ3v) is 2.29. The van der Waals surface area contributed by atoms with Crippen molar-refractivity contribution >= 4 is 34.6 Å². The Balaban J connectivity index is 2.78. The average molecular weight is 214 g/mol. The summed E-state index contributed by atoms with van der Waals surface area (Å²) in [4.78, 5) is 0. The van der Waals surface area contributed by atoms with Crippen molar-refractivity contribution < 1.29 is 0 Å². The zero-order valence-electron chi connectivity index (χ0n) is 7.37. The molecule has 0 aliphatic rings. The minimum Gasteiger partial charge on any atom is -0.375 e. The molecule has 0 fully saturated rings. The number of rotatable bonds is 2. The van der Waals surface area contributed by atoms with Crippen molar-refractivity contribution in [3.63, 3.8) is 0 Å². The summed E-state index contributed by atoms with van der Waals surface area (Å²) in [6, 6.07) is 0. The van der Waals surface area contributed by atoms with Crippen molar-refractivity contribution in [3.05, 3.63) is 16.6 Å². The largest absolute Gasteiger partial charge is 0.375 e. The molecule has 0 spiro atoms. The van der Waals surface area contributed by atoms with Gasteiger partial charge in [-0.25, -0.2) is 0 Å². The van der Waals surface area contributed by atoms with Gasteiger partial charge in [-0.05, 0) is 37.6 Å². The molecule has 1 aromatic rings. The first-order chi connectivity index (χ1) is 6.11. The first-order valence-electron chi connectivity index (χ1n) is 3.62. The summed E-state index contributed by atoms with van der Waals surface area (Å²) in [7, 11) is 0. The molecule has 0 aliphatic heterocycles. The molecule has 1 rings (SSSR count). The highest BCUT2D eigenvalue weighted by atomic mass is 32.1. The SMILES string of the molecule is CC(=NNC(N)=S)c1csnc1C. The van der Waals surface area contributed by atoms with E-state index in [1.807, 2.05) is 19.2 Å². The van der Waals surface area contributed by atoms with E-state index in [2.05, 4.69) is 27.1 Å². The predicted octanol–water partition coefficient (Wildman–Crippen LogP) is 1.01. The fraction of sp³-hybridized carbons (Fsp3) is 0.286. The lowest BCUT2D eigenvalue weighted by Gasteiger charge is -1.99. The molecular weight excluding hydrogens is 204 g/mol. The van der Waals surface area contributed by atoms with Crippen LogP contribution in [-0.2, 0) is 0 Å². The molecule has 4 nitrogen and oxygen atoms in total. The molecule has 6 heteroatoms. The fourth-order valence-corrected chi connectivity index (χ4v) is 1.64. The summed E-state index contributed by atoms with van der Waals surface area (Å²) >= 11 is 6.03. The normalized spacial score (nSPS) is 11.4. The maximum absolute atomic E-state index is 5.23. The Kier molecular flexibility index (Phi) is 3.32. The maximum atomic E-state index is 5.23. The summed E-state index contributed by atoms with van der Waals surface area (Å²) in [6.07, 6.45) is 0. The van der Waals surface area contributed by atoms with Crippen LogP contribution in [0.1, 0.15) is 18.2 Å². The van der Waals surface area contributed by atoms with Crippen LogP contribution in [0.2, 0.25) is 0 Å². The van der Waals surface area contributed by atoms with Crippen LogP contribution in [0.25, 0.3) is 0 Å². The van der Waals surface area contributed by atoms with Crippen LogP contribution >= 0.6 is 23.8 Å². The molecular formula is C7H10N4S2. The number of hydrogen-bond acceptors (Lipinski definition) is 4. The number of hydrogen-bond donors (Lipinski definition) is 2. The maximum Gasteiger partial charge on any atom is 0.184 e. The molecule has 1 heterocycles. The van der Waals surface area contributed by atoms with Gasteiger partial charge in [-0.1, -0.05) is 0 Å². The molecule has 0 bridgehead atoms. The van der Waals surface area contributed by atoms with Gasteiger partial charge in [-0.3, -0.25) is 5.43 Å². The lowest BCUT2D eigenvalue weighted by atomic mass is 10.2. The molecule has 1 aromatic heterocycles. The highest BCUT2D eigenvalue weighted by Crippen LogP contribution is 2.09. The average Bonchev–Trinajstić information content (AvgIpc) is 2.47. The van der Waals surface area contributed by atoms with Crippen LogP contribution < -0.4 is 11.2 Å². The van der Waals surface area contributed by atoms with Gasteiger partial charge < -0.3 is 5.73 Å². The van der Waals surface area contributed by atoms with Gasteiger partial charge in [0, 0.05) is 10.9 Å². The van der Waals surface area contributed by atoms with Crippen molar-refractivity contribution in [3.8, 4) is 0 Å². The molecule has 70 valence electrons. The van der Waals surface area contributed by atoms with Gasteiger partial charge in [0.2, 0.25) is 0 Å². The molecule has 0 aromatic carbocycles. The number of nitrogens with one attached hydrogen (secondary N) is 1. The number of aryl methyl sites for hydroxylation is 1. The van der Waals surface area contributed by atoms with Gasteiger partial charge in [0.1, 0.15) is 0 Å². The summed E-state index contributed by atoms with van der Waals surface area (Å²) < 4.78 is 4.13. The standard InChI is InChI=1S/C7H10N4S2/c1-4(9-10-7(8)12)6-3-13-11-5(6)2/h3H,1-2H3,(H3,8,10,12). The molecule has 0 unspecified atom stereocenters. The second-order valence-electron chi connectivity index (χ2n) is 2.49. The molecule has 0 saturated heterocycles. The number of thiocarbonyl (C=S) groups is 1.